The molecule has 0 atom stereocenters. The van der Waals surface area contributed by atoms with Crippen LogP contribution in [0, 0.1) is 0 Å². The monoisotopic (exact) mass is 195 g/mol. The largest absolute Gasteiger partial charge is 0.692 e. The van der Waals surface area contributed by atoms with Gasteiger partial charge in [-0.05, 0) is 6.42 Å². The summed E-state index contributed by atoms with van der Waals surface area (Å²) in [5, 5.41) is 0. The molecule has 0 aromatic carbocycles. The SMILES string of the molecule is C=CC(=O)OCCC.O=[P+](O)O. The number of esters is 1. The van der Waals surface area contributed by atoms with Crippen LogP contribution in [0.15, 0.2) is 12.7 Å². The van der Waals surface area contributed by atoms with Crippen LogP contribution in [0.25, 0.3) is 0 Å². The van der Waals surface area contributed by atoms with E-state index in [0.29, 0.717) is 6.61 Å². The molecular formula is C6H12O5P+. The van der Waals surface area contributed by atoms with Gasteiger partial charge in [-0.3, -0.25) is 0 Å². The van der Waals surface area contributed by atoms with E-state index in [4.69, 9.17) is 14.4 Å². The van der Waals surface area contributed by atoms with Gasteiger partial charge < -0.3 is 4.74 Å². The molecular weight excluding hydrogens is 183 g/mol. The van der Waals surface area contributed by atoms with Crippen LogP contribution in [-0.4, -0.2) is 22.4 Å². The number of carbonyl (C=O) groups is 1. The highest BCUT2D eigenvalue weighted by molar-refractivity contribution is 7.30. The summed E-state index contributed by atoms with van der Waals surface area (Å²) in [5.74, 6) is -0.341. The van der Waals surface area contributed by atoms with Gasteiger partial charge in [0.05, 0.1) is 6.61 Å². The number of carbonyl (C=O) groups excluding carboxylic acids is 1. The standard InChI is InChI=1S/C6H10O2.HO3P/c1-3-5-8-6(7)4-2;1-4(2)3/h4H,2-3,5H2,1H3;(H-,1,2,3)/p+1. The zero-order valence-electron chi connectivity index (χ0n) is 6.77. The zero-order valence-corrected chi connectivity index (χ0v) is 7.66. The van der Waals surface area contributed by atoms with Gasteiger partial charge in [0.1, 0.15) is 0 Å². The molecule has 0 aromatic rings. The van der Waals surface area contributed by atoms with E-state index in [2.05, 4.69) is 11.3 Å². The lowest BCUT2D eigenvalue weighted by Gasteiger charge is -1.94. The second-order valence-corrected chi connectivity index (χ2v) is 2.13. The fourth-order valence-corrected chi connectivity index (χ4v) is 0.262. The molecule has 0 fully saturated rings. The Morgan fingerprint density at radius 2 is 2.08 bits per heavy atom. The molecule has 0 unspecified atom stereocenters. The number of hydrogen-bond donors (Lipinski definition) is 2. The quantitative estimate of drug-likeness (QED) is 0.394. The molecule has 6 heteroatoms. The summed E-state index contributed by atoms with van der Waals surface area (Å²) in [6, 6.07) is 0. The van der Waals surface area contributed by atoms with Crippen LogP contribution in [0.4, 0.5) is 0 Å². The van der Waals surface area contributed by atoms with Crippen LogP contribution < -0.4 is 0 Å². The van der Waals surface area contributed by atoms with Gasteiger partial charge in [-0.2, -0.15) is 0 Å². The van der Waals surface area contributed by atoms with Gasteiger partial charge >= 0.3 is 14.2 Å². The Morgan fingerprint density at radius 3 is 2.33 bits per heavy atom. The van der Waals surface area contributed by atoms with Crippen LogP contribution in [0.2, 0.25) is 0 Å². The van der Waals surface area contributed by atoms with E-state index in [1.54, 1.807) is 0 Å². The Kier molecular flexibility index (Phi) is 11.8. The van der Waals surface area contributed by atoms with Gasteiger partial charge in [-0.15, -0.1) is 9.79 Å². The van der Waals surface area contributed by atoms with E-state index in [-0.39, 0.29) is 5.97 Å². The van der Waals surface area contributed by atoms with Crippen LogP contribution in [0.3, 0.4) is 0 Å². The Morgan fingerprint density at radius 1 is 1.67 bits per heavy atom. The fourth-order valence-electron chi connectivity index (χ4n) is 0.262. The number of rotatable bonds is 3. The fraction of sp³-hybridized carbons (Fsp3) is 0.500. The highest BCUT2D eigenvalue weighted by Gasteiger charge is 1.93. The maximum absolute atomic E-state index is 10.2. The van der Waals surface area contributed by atoms with E-state index in [0.717, 1.165) is 12.5 Å². The van der Waals surface area contributed by atoms with Gasteiger partial charge in [0.2, 0.25) is 0 Å². The first kappa shape index (κ1) is 13.8. The van der Waals surface area contributed by atoms with Crippen LogP contribution >= 0.6 is 8.25 Å². The molecule has 0 aromatic heterocycles. The van der Waals surface area contributed by atoms with E-state index in [9.17, 15) is 4.79 Å². The summed E-state index contributed by atoms with van der Waals surface area (Å²) in [6.45, 7) is 5.67. The summed E-state index contributed by atoms with van der Waals surface area (Å²) in [5.41, 5.74) is 0. The van der Waals surface area contributed by atoms with Crippen molar-refractivity contribution in [2.75, 3.05) is 6.61 Å². The highest BCUT2D eigenvalue weighted by atomic mass is 31.1. The molecule has 0 heterocycles. The maximum atomic E-state index is 10.2. The Balaban J connectivity index is 0. The summed E-state index contributed by atoms with van der Waals surface area (Å²) < 4.78 is 13.3. The Labute approximate surface area is 71.6 Å². The summed E-state index contributed by atoms with van der Waals surface area (Å²) in [7, 11) is -2.87. The lowest BCUT2D eigenvalue weighted by molar-refractivity contribution is -0.137. The maximum Gasteiger partial charge on any atom is 0.692 e. The molecule has 0 amide bonds. The molecule has 5 nitrogen and oxygen atoms in total. The molecule has 2 N–H and O–H groups in total. The molecule has 70 valence electrons. The molecule has 0 saturated carbocycles. The van der Waals surface area contributed by atoms with Crippen LogP contribution in [0.5, 0.6) is 0 Å². The summed E-state index contributed by atoms with van der Waals surface area (Å²) in [4.78, 5) is 24.5. The molecule has 0 aliphatic carbocycles. The van der Waals surface area contributed by atoms with Gasteiger partial charge in [-0.25, -0.2) is 4.79 Å². The Hall–Kier alpha value is -0.770. The first-order valence-electron chi connectivity index (χ1n) is 3.18. The predicted molar refractivity (Wildman–Crippen MR) is 43.5 cm³/mol. The molecule has 0 radical (unpaired) electrons. The van der Waals surface area contributed by atoms with Crippen molar-refractivity contribution >= 4 is 14.2 Å². The minimum atomic E-state index is -2.87. The first-order chi connectivity index (χ1) is 5.54. The first-order valence-corrected chi connectivity index (χ1v) is 4.35. The average Bonchev–Trinajstić information content (AvgIpc) is 1.99. The van der Waals surface area contributed by atoms with E-state index in [1.807, 2.05) is 6.92 Å². The lowest BCUT2D eigenvalue weighted by atomic mass is 10.5. The average molecular weight is 195 g/mol. The normalized spacial score (nSPS) is 7.58. The van der Waals surface area contributed by atoms with Gasteiger partial charge in [-0.1, -0.05) is 13.5 Å². The van der Waals surface area contributed by atoms with Crippen LogP contribution in [0.1, 0.15) is 13.3 Å². The lowest BCUT2D eigenvalue weighted by Crippen LogP contribution is -1.99. The van der Waals surface area contributed by atoms with E-state index >= 15 is 0 Å². The van der Waals surface area contributed by atoms with Crippen molar-refractivity contribution in [1.82, 2.24) is 0 Å². The minimum absolute atomic E-state index is 0.341. The molecule has 12 heavy (non-hydrogen) atoms. The summed E-state index contributed by atoms with van der Waals surface area (Å²) in [6.07, 6.45) is 2.02. The van der Waals surface area contributed by atoms with Crippen molar-refractivity contribution in [1.29, 1.82) is 0 Å². The topological polar surface area (TPSA) is 83.8 Å². The highest BCUT2D eigenvalue weighted by Crippen LogP contribution is 1.98. The van der Waals surface area contributed by atoms with Crippen LogP contribution in [-0.2, 0) is 14.1 Å². The van der Waals surface area contributed by atoms with Crippen molar-refractivity contribution in [3.63, 3.8) is 0 Å². The second-order valence-electron chi connectivity index (χ2n) is 1.62. The molecule has 0 saturated heterocycles. The van der Waals surface area contributed by atoms with Crippen molar-refractivity contribution in [2.45, 2.75) is 13.3 Å². The van der Waals surface area contributed by atoms with Crippen molar-refractivity contribution in [3.8, 4) is 0 Å². The number of ether oxygens (including phenoxy) is 1. The minimum Gasteiger partial charge on any atom is -0.463 e. The zero-order chi connectivity index (χ0) is 9.98. The van der Waals surface area contributed by atoms with Crippen molar-refractivity contribution in [3.05, 3.63) is 12.7 Å². The van der Waals surface area contributed by atoms with Crippen molar-refractivity contribution in [2.24, 2.45) is 0 Å². The van der Waals surface area contributed by atoms with Crippen molar-refractivity contribution < 1.29 is 23.9 Å². The molecule has 0 aliphatic heterocycles. The third-order valence-electron chi connectivity index (χ3n) is 0.615. The third kappa shape index (κ3) is 22.9. The van der Waals surface area contributed by atoms with Gasteiger partial charge in [0.25, 0.3) is 0 Å². The molecule has 0 aliphatic rings. The predicted octanol–water partition coefficient (Wildman–Crippen LogP) is 0.754. The van der Waals surface area contributed by atoms with Gasteiger partial charge in [0.15, 0.2) is 0 Å². The van der Waals surface area contributed by atoms with E-state index in [1.165, 1.54) is 0 Å². The smallest absolute Gasteiger partial charge is 0.463 e. The number of hydrogen-bond acceptors (Lipinski definition) is 3. The van der Waals surface area contributed by atoms with Gasteiger partial charge in [0, 0.05) is 10.6 Å². The second kappa shape index (κ2) is 10.2. The summed E-state index contributed by atoms with van der Waals surface area (Å²) >= 11 is 0. The van der Waals surface area contributed by atoms with E-state index < -0.39 is 8.25 Å². The third-order valence-corrected chi connectivity index (χ3v) is 0.615. The Bertz CT molecular complexity index is 152. The molecule has 0 rings (SSSR count). The molecule has 0 bridgehead atoms. The molecule has 0 spiro atoms.